The molecule has 2 aliphatic heterocycles. The van der Waals surface area contributed by atoms with E-state index < -0.39 is 30.0 Å². The Labute approximate surface area is 191 Å². The number of amides is 1. The van der Waals surface area contributed by atoms with Crippen molar-refractivity contribution in [2.45, 2.75) is 31.1 Å². The highest BCUT2D eigenvalue weighted by Gasteiger charge is 2.35. The van der Waals surface area contributed by atoms with Crippen molar-refractivity contribution < 1.29 is 28.9 Å². The number of hydrogen-bond acceptors (Lipinski definition) is 6. The Hall–Kier alpha value is -3.14. The Kier molecular flexibility index (Phi) is 9.05. The zero-order valence-electron chi connectivity index (χ0n) is 18.1. The maximum Gasteiger partial charge on any atom is 0.290 e. The Bertz CT molecular complexity index is 956. The lowest BCUT2D eigenvalue weighted by molar-refractivity contribution is -0.122. The van der Waals surface area contributed by atoms with Gasteiger partial charge >= 0.3 is 0 Å². The monoisotopic (exact) mass is 457 g/mol. The minimum absolute atomic E-state index is 0.0742. The van der Waals surface area contributed by atoms with Crippen LogP contribution in [0.4, 0.5) is 4.39 Å². The first-order valence-electron chi connectivity index (χ1n) is 10.8. The molecule has 0 spiro atoms. The topological polar surface area (TPSA) is 112 Å². The number of aliphatic hydroxyl groups is 1. The SMILES string of the molecule is O=C(N[C@H]1CCO[C@H](CN2CC=C(c3ccccc3)CC2)[C@H]1O)c1ccncc1F.O=CO. The van der Waals surface area contributed by atoms with Crippen molar-refractivity contribution in [2.24, 2.45) is 0 Å². The summed E-state index contributed by atoms with van der Waals surface area (Å²) in [5, 5.41) is 20.4. The number of benzene rings is 1. The molecule has 8 nitrogen and oxygen atoms in total. The molecule has 3 heterocycles. The molecule has 1 saturated heterocycles. The molecular formula is C24H28FN3O5. The molecule has 0 unspecified atom stereocenters. The summed E-state index contributed by atoms with van der Waals surface area (Å²) in [7, 11) is 0. The average molecular weight is 458 g/mol. The second kappa shape index (κ2) is 12.2. The van der Waals surface area contributed by atoms with E-state index in [2.05, 4.69) is 33.4 Å². The van der Waals surface area contributed by atoms with E-state index in [4.69, 9.17) is 14.6 Å². The fraction of sp³-hybridized carbons (Fsp3) is 0.375. The highest BCUT2D eigenvalue weighted by Crippen LogP contribution is 2.24. The molecule has 2 aromatic rings. The number of nitrogens with zero attached hydrogens (tertiary/aromatic N) is 2. The number of ether oxygens (including phenoxy) is 1. The quantitative estimate of drug-likeness (QED) is 0.589. The lowest BCUT2D eigenvalue weighted by atomic mass is 9.96. The number of aromatic nitrogens is 1. The van der Waals surface area contributed by atoms with Crippen LogP contribution in [0.5, 0.6) is 0 Å². The van der Waals surface area contributed by atoms with E-state index in [0.717, 1.165) is 25.7 Å². The molecule has 0 radical (unpaired) electrons. The third-order valence-electron chi connectivity index (χ3n) is 5.76. The van der Waals surface area contributed by atoms with Crippen LogP contribution in [0, 0.1) is 5.82 Å². The van der Waals surface area contributed by atoms with Crippen LogP contribution in [-0.2, 0) is 9.53 Å². The predicted octanol–water partition coefficient (Wildman–Crippen LogP) is 1.96. The first-order chi connectivity index (χ1) is 16.0. The normalized spacial score (nSPS) is 23.0. The molecule has 1 amide bonds. The van der Waals surface area contributed by atoms with Crippen molar-refractivity contribution >= 4 is 18.0 Å². The number of pyridine rings is 1. The van der Waals surface area contributed by atoms with Crippen LogP contribution < -0.4 is 5.32 Å². The summed E-state index contributed by atoms with van der Waals surface area (Å²) in [5.41, 5.74) is 2.51. The minimum Gasteiger partial charge on any atom is -0.483 e. The summed E-state index contributed by atoms with van der Waals surface area (Å²) in [6, 6.07) is 11.2. The molecule has 0 aliphatic carbocycles. The summed E-state index contributed by atoms with van der Waals surface area (Å²) in [5.74, 6) is -1.23. The molecule has 33 heavy (non-hydrogen) atoms. The number of halogens is 1. The molecule has 0 bridgehead atoms. The van der Waals surface area contributed by atoms with E-state index in [1.807, 2.05) is 18.2 Å². The Morgan fingerprint density at radius 1 is 1.30 bits per heavy atom. The van der Waals surface area contributed by atoms with E-state index in [0.29, 0.717) is 19.6 Å². The average Bonchev–Trinajstić information content (AvgIpc) is 2.83. The van der Waals surface area contributed by atoms with Crippen LogP contribution >= 0.6 is 0 Å². The zero-order chi connectivity index (χ0) is 23.6. The number of aliphatic hydroxyl groups excluding tert-OH is 1. The van der Waals surface area contributed by atoms with Gasteiger partial charge in [-0.2, -0.15) is 0 Å². The van der Waals surface area contributed by atoms with E-state index >= 15 is 0 Å². The molecule has 3 N–H and O–H groups in total. The van der Waals surface area contributed by atoms with E-state index in [1.165, 1.54) is 23.4 Å². The third kappa shape index (κ3) is 6.67. The first kappa shape index (κ1) is 24.5. The number of carbonyl (C=O) groups excluding carboxylic acids is 1. The summed E-state index contributed by atoms with van der Waals surface area (Å²) >= 11 is 0. The first-order valence-corrected chi connectivity index (χ1v) is 10.8. The predicted molar refractivity (Wildman–Crippen MR) is 120 cm³/mol. The van der Waals surface area contributed by atoms with Gasteiger partial charge in [-0.25, -0.2) is 4.39 Å². The molecule has 2 aliphatic rings. The highest BCUT2D eigenvalue weighted by molar-refractivity contribution is 5.94. The van der Waals surface area contributed by atoms with Gasteiger partial charge in [0.2, 0.25) is 0 Å². The van der Waals surface area contributed by atoms with Gasteiger partial charge in [0.15, 0.2) is 5.82 Å². The lowest BCUT2D eigenvalue weighted by Gasteiger charge is -2.38. The lowest BCUT2D eigenvalue weighted by Crippen LogP contribution is -2.56. The summed E-state index contributed by atoms with van der Waals surface area (Å²) in [4.78, 5) is 26.7. The van der Waals surface area contributed by atoms with Crippen LogP contribution in [0.25, 0.3) is 5.57 Å². The zero-order valence-corrected chi connectivity index (χ0v) is 18.1. The standard InChI is InChI=1S/C23H26FN3O3.CH2O2/c24-19-14-25-10-6-18(19)23(29)26-20-9-13-30-21(22(20)28)15-27-11-7-17(8-12-27)16-4-2-1-3-5-16;2-1-3/h1-7,10,14,20-22,28H,8-9,11-13,15H2,(H,26,29);1H,(H,2,3)/t20-,21+,22-;/m0./s1. The Morgan fingerprint density at radius 2 is 2.06 bits per heavy atom. The van der Waals surface area contributed by atoms with Crippen LogP contribution in [0.15, 0.2) is 54.9 Å². The van der Waals surface area contributed by atoms with E-state index in [9.17, 15) is 14.3 Å². The van der Waals surface area contributed by atoms with Crippen molar-refractivity contribution in [2.75, 3.05) is 26.2 Å². The largest absolute Gasteiger partial charge is 0.483 e. The van der Waals surface area contributed by atoms with Gasteiger partial charge in [0.05, 0.1) is 23.9 Å². The molecular weight excluding hydrogens is 429 g/mol. The van der Waals surface area contributed by atoms with Gasteiger partial charge in [0.25, 0.3) is 12.4 Å². The molecule has 176 valence electrons. The molecule has 1 aromatic carbocycles. The fourth-order valence-electron chi connectivity index (χ4n) is 4.04. The molecule has 0 saturated carbocycles. The van der Waals surface area contributed by atoms with Gasteiger partial charge in [-0.3, -0.25) is 19.5 Å². The van der Waals surface area contributed by atoms with Crippen molar-refractivity contribution in [3.63, 3.8) is 0 Å². The van der Waals surface area contributed by atoms with Crippen molar-refractivity contribution in [1.29, 1.82) is 0 Å². The van der Waals surface area contributed by atoms with Gasteiger partial charge in [-0.1, -0.05) is 36.4 Å². The summed E-state index contributed by atoms with van der Waals surface area (Å²) in [6.45, 7) is 2.43. The molecule has 1 aromatic heterocycles. The molecule has 3 atom stereocenters. The maximum absolute atomic E-state index is 13.8. The maximum atomic E-state index is 13.8. The van der Waals surface area contributed by atoms with Crippen molar-refractivity contribution in [3.8, 4) is 0 Å². The van der Waals surface area contributed by atoms with Crippen LogP contribution in [0.3, 0.4) is 0 Å². The number of carbonyl (C=O) groups is 2. The second-order valence-electron chi connectivity index (χ2n) is 7.83. The van der Waals surface area contributed by atoms with E-state index in [1.54, 1.807) is 0 Å². The number of carboxylic acid groups (broad SMARTS) is 1. The van der Waals surface area contributed by atoms with Gasteiger partial charge in [0, 0.05) is 32.4 Å². The molecule has 4 rings (SSSR count). The van der Waals surface area contributed by atoms with Crippen molar-refractivity contribution in [3.05, 3.63) is 71.8 Å². The Morgan fingerprint density at radius 3 is 2.73 bits per heavy atom. The van der Waals surface area contributed by atoms with Gasteiger partial charge in [-0.15, -0.1) is 0 Å². The minimum atomic E-state index is -0.855. The van der Waals surface area contributed by atoms with Crippen LogP contribution in [0.1, 0.15) is 28.8 Å². The van der Waals surface area contributed by atoms with Gasteiger partial charge in [-0.05, 0) is 30.0 Å². The number of rotatable bonds is 5. The number of hydrogen-bond donors (Lipinski definition) is 3. The Balaban J connectivity index is 0.000000968. The van der Waals surface area contributed by atoms with Crippen LogP contribution in [0.2, 0.25) is 0 Å². The van der Waals surface area contributed by atoms with Gasteiger partial charge < -0.3 is 20.3 Å². The second-order valence-corrected chi connectivity index (χ2v) is 7.83. The van der Waals surface area contributed by atoms with Crippen molar-refractivity contribution in [1.82, 2.24) is 15.2 Å². The summed E-state index contributed by atoms with van der Waals surface area (Å²) in [6.07, 6.45) is 4.76. The fourth-order valence-corrected chi connectivity index (χ4v) is 4.04. The third-order valence-corrected chi connectivity index (χ3v) is 5.76. The number of nitrogens with one attached hydrogen (secondary N) is 1. The summed E-state index contributed by atoms with van der Waals surface area (Å²) < 4.78 is 19.6. The smallest absolute Gasteiger partial charge is 0.290 e. The van der Waals surface area contributed by atoms with Crippen LogP contribution in [-0.4, -0.2) is 77.0 Å². The highest BCUT2D eigenvalue weighted by atomic mass is 19.1. The molecule has 9 heteroatoms. The molecule has 1 fully saturated rings. The van der Waals surface area contributed by atoms with Gasteiger partial charge in [0.1, 0.15) is 6.10 Å². The van der Waals surface area contributed by atoms with E-state index in [-0.39, 0.29) is 12.0 Å².